The molecule has 0 radical (unpaired) electrons. The van der Waals surface area contributed by atoms with E-state index in [0.29, 0.717) is 11.5 Å². The standard InChI is InChI=1S/C17H29NS/c1-13-11-16(2,3)9-8-14(13)18-12-17(4,5)15-7-6-10-19-15/h6-7,10,13-14,18H,8-9,11-12H2,1-5H3. The quantitative estimate of drug-likeness (QED) is 0.832. The lowest BCUT2D eigenvalue weighted by Gasteiger charge is -2.41. The second-order valence-corrected chi connectivity index (χ2v) is 8.68. The maximum atomic E-state index is 3.84. The van der Waals surface area contributed by atoms with Crippen molar-refractivity contribution in [2.45, 2.75) is 65.3 Å². The summed E-state index contributed by atoms with van der Waals surface area (Å²) in [5, 5.41) is 6.03. The Morgan fingerprint density at radius 1 is 1.42 bits per heavy atom. The molecule has 2 heteroatoms. The van der Waals surface area contributed by atoms with Gasteiger partial charge in [-0.25, -0.2) is 0 Å². The predicted molar refractivity (Wildman–Crippen MR) is 85.9 cm³/mol. The van der Waals surface area contributed by atoms with Crippen LogP contribution < -0.4 is 5.32 Å². The number of rotatable bonds is 4. The Morgan fingerprint density at radius 2 is 2.16 bits per heavy atom. The van der Waals surface area contributed by atoms with E-state index in [2.05, 4.69) is 57.4 Å². The summed E-state index contributed by atoms with van der Waals surface area (Å²) in [4.78, 5) is 1.49. The number of hydrogen-bond donors (Lipinski definition) is 1. The van der Waals surface area contributed by atoms with E-state index in [1.54, 1.807) is 0 Å². The molecule has 0 bridgehead atoms. The fraction of sp³-hybridized carbons (Fsp3) is 0.765. The molecule has 1 fully saturated rings. The first-order valence-corrected chi connectivity index (χ1v) is 8.45. The first-order valence-electron chi connectivity index (χ1n) is 7.58. The summed E-state index contributed by atoms with van der Waals surface area (Å²) in [6, 6.07) is 5.13. The second-order valence-electron chi connectivity index (χ2n) is 7.73. The first kappa shape index (κ1) is 15.1. The van der Waals surface area contributed by atoms with Gasteiger partial charge in [-0.05, 0) is 42.0 Å². The van der Waals surface area contributed by atoms with Crippen molar-refractivity contribution in [1.82, 2.24) is 5.32 Å². The van der Waals surface area contributed by atoms with Gasteiger partial charge in [0.2, 0.25) is 0 Å². The fourth-order valence-electron chi connectivity index (χ4n) is 3.39. The topological polar surface area (TPSA) is 12.0 Å². The lowest BCUT2D eigenvalue weighted by atomic mass is 9.70. The molecule has 2 rings (SSSR count). The third kappa shape index (κ3) is 3.82. The van der Waals surface area contributed by atoms with Gasteiger partial charge in [-0.1, -0.05) is 40.7 Å². The smallest absolute Gasteiger partial charge is 0.0115 e. The largest absolute Gasteiger partial charge is 0.313 e. The molecule has 1 saturated carbocycles. The van der Waals surface area contributed by atoms with Crippen LogP contribution in [-0.2, 0) is 5.41 Å². The average Bonchev–Trinajstić information content (AvgIpc) is 2.80. The highest BCUT2D eigenvalue weighted by Gasteiger charge is 2.33. The molecule has 108 valence electrons. The van der Waals surface area contributed by atoms with Crippen LogP contribution in [0, 0.1) is 11.3 Å². The minimum Gasteiger partial charge on any atom is -0.313 e. The Morgan fingerprint density at radius 3 is 2.74 bits per heavy atom. The molecule has 1 heterocycles. The van der Waals surface area contributed by atoms with Gasteiger partial charge in [0.25, 0.3) is 0 Å². The normalized spacial score (nSPS) is 27.4. The second kappa shape index (κ2) is 5.57. The number of thiophene rings is 1. The van der Waals surface area contributed by atoms with E-state index in [1.807, 2.05) is 11.3 Å². The van der Waals surface area contributed by atoms with Crippen LogP contribution in [-0.4, -0.2) is 12.6 Å². The molecule has 1 aliphatic carbocycles. The summed E-state index contributed by atoms with van der Waals surface area (Å²) >= 11 is 1.88. The van der Waals surface area contributed by atoms with Gasteiger partial charge >= 0.3 is 0 Å². The van der Waals surface area contributed by atoms with E-state index >= 15 is 0 Å². The Bertz CT molecular complexity index is 391. The summed E-state index contributed by atoms with van der Waals surface area (Å²) in [5.74, 6) is 0.794. The van der Waals surface area contributed by atoms with E-state index in [9.17, 15) is 0 Å². The fourth-order valence-corrected chi connectivity index (χ4v) is 4.24. The molecular weight excluding hydrogens is 250 g/mol. The molecule has 1 aliphatic rings. The van der Waals surface area contributed by atoms with Crippen LogP contribution in [0.5, 0.6) is 0 Å². The predicted octanol–water partition coefficient (Wildman–Crippen LogP) is 4.83. The lowest BCUT2D eigenvalue weighted by molar-refractivity contribution is 0.145. The highest BCUT2D eigenvalue weighted by molar-refractivity contribution is 7.10. The molecule has 0 aliphatic heterocycles. The van der Waals surface area contributed by atoms with Gasteiger partial charge in [0, 0.05) is 22.9 Å². The maximum absolute atomic E-state index is 3.84. The number of nitrogens with one attached hydrogen (secondary N) is 1. The summed E-state index contributed by atoms with van der Waals surface area (Å²) in [7, 11) is 0. The Balaban J connectivity index is 1.89. The van der Waals surface area contributed by atoms with E-state index in [4.69, 9.17) is 0 Å². The van der Waals surface area contributed by atoms with Gasteiger partial charge in [0.1, 0.15) is 0 Å². The summed E-state index contributed by atoms with van der Waals surface area (Å²) in [6.07, 6.45) is 4.03. The molecule has 2 unspecified atom stereocenters. The van der Waals surface area contributed by atoms with Gasteiger partial charge in [0.15, 0.2) is 0 Å². The van der Waals surface area contributed by atoms with Crippen LogP contribution in [0.4, 0.5) is 0 Å². The van der Waals surface area contributed by atoms with Gasteiger partial charge in [-0.15, -0.1) is 11.3 Å². The Hall–Kier alpha value is -0.340. The monoisotopic (exact) mass is 279 g/mol. The Labute approximate surface area is 122 Å². The van der Waals surface area contributed by atoms with Crippen molar-refractivity contribution in [2.24, 2.45) is 11.3 Å². The molecule has 1 aromatic heterocycles. The van der Waals surface area contributed by atoms with Crippen LogP contribution in [0.2, 0.25) is 0 Å². The molecule has 2 atom stereocenters. The van der Waals surface area contributed by atoms with Crippen LogP contribution in [0.3, 0.4) is 0 Å². The van der Waals surface area contributed by atoms with Crippen LogP contribution >= 0.6 is 11.3 Å². The molecule has 1 N–H and O–H groups in total. The third-order valence-corrected chi connectivity index (χ3v) is 5.92. The van der Waals surface area contributed by atoms with Gasteiger partial charge in [0.05, 0.1) is 0 Å². The molecule has 19 heavy (non-hydrogen) atoms. The van der Waals surface area contributed by atoms with Crippen molar-refractivity contribution in [3.63, 3.8) is 0 Å². The zero-order valence-corrected chi connectivity index (χ0v) is 13.9. The number of hydrogen-bond acceptors (Lipinski definition) is 2. The minimum absolute atomic E-state index is 0.251. The zero-order chi connectivity index (χ0) is 14.1. The van der Waals surface area contributed by atoms with Gasteiger partial charge < -0.3 is 5.32 Å². The Kier molecular flexibility index (Phi) is 4.42. The zero-order valence-electron chi connectivity index (χ0n) is 13.1. The SMILES string of the molecule is CC1CC(C)(C)CCC1NCC(C)(C)c1cccs1. The average molecular weight is 279 g/mol. The van der Waals surface area contributed by atoms with E-state index in [1.165, 1.54) is 24.1 Å². The summed E-state index contributed by atoms with van der Waals surface area (Å²) in [6.45, 7) is 13.0. The van der Waals surface area contributed by atoms with Crippen molar-refractivity contribution in [1.29, 1.82) is 0 Å². The molecule has 0 saturated heterocycles. The van der Waals surface area contributed by atoms with Crippen molar-refractivity contribution in [2.75, 3.05) is 6.54 Å². The van der Waals surface area contributed by atoms with E-state index < -0.39 is 0 Å². The highest BCUT2D eigenvalue weighted by Crippen LogP contribution is 2.38. The first-order chi connectivity index (χ1) is 8.80. The molecule has 1 aromatic rings. The molecular formula is C17H29NS. The molecule has 0 spiro atoms. The molecule has 0 aromatic carbocycles. The van der Waals surface area contributed by atoms with Crippen LogP contribution in [0.1, 0.15) is 58.8 Å². The highest BCUT2D eigenvalue weighted by atomic mass is 32.1. The lowest BCUT2D eigenvalue weighted by Crippen LogP contribution is -2.45. The molecule has 0 amide bonds. The van der Waals surface area contributed by atoms with Crippen molar-refractivity contribution >= 4 is 11.3 Å². The maximum Gasteiger partial charge on any atom is 0.0115 e. The summed E-state index contributed by atoms with van der Waals surface area (Å²) in [5.41, 5.74) is 0.793. The van der Waals surface area contributed by atoms with Crippen LogP contribution in [0.25, 0.3) is 0 Å². The minimum atomic E-state index is 0.251. The third-order valence-electron chi connectivity index (χ3n) is 4.69. The van der Waals surface area contributed by atoms with Crippen LogP contribution in [0.15, 0.2) is 17.5 Å². The van der Waals surface area contributed by atoms with E-state index in [0.717, 1.165) is 12.5 Å². The van der Waals surface area contributed by atoms with Crippen molar-refractivity contribution < 1.29 is 0 Å². The van der Waals surface area contributed by atoms with E-state index in [-0.39, 0.29) is 5.41 Å². The van der Waals surface area contributed by atoms with Crippen molar-refractivity contribution in [3.8, 4) is 0 Å². The summed E-state index contributed by atoms with van der Waals surface area (Å²) < 4.78 is 0. The van der Waals surface area contributed by atoms with Gasteiger partial charge in [-0.2, -0.15) is 0 Å². The van der Waals surface area contributed by atoms with Crippen molar-refractivity contribution in [3.05, 3.63) is 22.4 Å². The molecule has 1 nitrogen and oxygen atoms in total. The van der Waals surface area contributed by atoms with Gasteiger partial charge in [-0.3, -0.25) is 0 Å².